The van der Waals surface area contributed by atoms with Gasteiger partial charge in [0.05, 0.1) is 13.2 Å². The van der Waals surface area contributed by atoms with Gasteiger partial charge in [0.1, 0.15) is 5.82 Å². The highest BCUT2D eigenvalue weighted by molar-refractivity contribution is 7.97. The highest BCUT2D eigenvalue weighted by Crippen LogP contribution is 2.23. The van der Waals surface area contributed by atoms with E-state index in [0.717, 1.165) is 31.2 Å². The molecule has 2 N–H and O–H groups in total. The molecule has 0 spiro atoms. The lowest BCUT2D eigenvalue weighted by molar-refractivity contribution is 0.0773. The van der Waals surface area contributed by atoms with Gasteiger partial charge in [-0.15, -0.1) is 0 Å². The lowest BCUT2D eigenvalue weighted by Gasteiger charge is -2.25. The Kier molecular flexibility index (Phi) is 6.40. The van der Waals surface area contributed by atoms with Gasteiger partial charge in [-0.05, 0) is 36.2 Å². The first kappa shape index (κ1) is 13.8. The van der Waals surface area contributed by atoms with E-state index in [-0.39, 0.29) is 5.82 Å². The molecule has 1 heterocycles. The summed E-state index contributed by atoms with van der Waals surface area (Å²) in [5.41, 5.74) is 4.15. The van der Waals surface area contributed by atoms with Crippen molar-refractivity contribution < 1.29 is 9.13 Å². The van der Waals surface area contributed by atoms with E-state index in [1.165, 1.54) is 18.3 Å². The zero-order chi connectivity index (χ0) is 12.5. The van der Waals surface area contributed by atoms with Crippen LogP contribution in [0.4, 0.5) is 4.39 Å². The lowest BCUT2D eigenvalue weighted by atomic mass is 10.4. The van der Waals surface area contributed by atoms with E-state index in [2.05, 4.69) is 10.0 Å². The van der Waals surface area contributed by atoms with Gasteiger partial charge in [-0.2, -0.15) is 5.26 Å². The number of nitrogens with zero attached hydrogens (tertiary/aromatic N) is 2. The van der Waals surface area contributed by atoms with Crippen molar-refractivity contribution in [1.82, 2.24) is 4.31 Å². The predicted octanol–water partition coefficient (Wildman–Crippen LogP) is 1.59. The van der Waals surface area contributed by atoms with Gasteiger partial charge in [-0.25, -0.2) is 8.70 Å². The molecule has 0 aromatic heterocycles. The number of morpholine rings is 1. The highest BCUT2D eigenvalue weighted by Gasteiger charge is 2.11. The fourth-order valence-electron chi connectivity index (χ4n) is 1.28. The smallest absolute Gasteiger partial charge is 0.173 e. The number of nitrogens with two attached hydrogens (primary N) is 1. The van der Waals surface area contributed by atoms with Crippen LogP contribution in [-0.2, 0) is 4.74 Å². The first-order valence-electron chi connectivity index (χ1n) is 5.12. The Labute approximate surface area is 104 Å². The Morgan fingerprint density at radius 3 is 2.35 bits per heavy atom. The standard InChI is InChI=1S/C10H12FNOS.CH2N2/c11-9-1-3-10(4-2-9)14-12-5-7-13-8-6-12;2-1-3/h1-4H,5-8H2;2H2. The highest BCUT2D eigenvalue weighted by atomic mass is 32.2. The number of ether oxygens (including phenoxy) is 1. The minimum Gasteiger partial charge on any atom is -0.379 e. The van der Waals surface area contributed by atoms with Gasteiger partial charge in [-0.1, -0.05) is 0 Å². The van der Waals surface area contributed by atoms with Crippen LogP contribution < -0.4 is 5.73 Å². The number of nitriles is 1. The van der Waals surface area contributed by atoms with Crippen LogP contribution >= 0.6 is 11.9 Å². The van der Waals surface area contributed by atoms with Crippen LogP contribution in [0.2, 0.25) is 0 Å². The number of hydrogen-bond acceptors (Lipinski definition) is 5. The van der Waals surface area contributed by atoms with E-state index in [1.54, 1.807) is 24.1 Å². The third-order valence-corrected chi connectivity index (χ3v) is 3.12. The minimum atomic E-state index is -0.184. The summed E-state index contributed by atoms with van der Waals surface area (Å²) in [7, 11) is 0. The third kappa shape index (κ3) is 5.54. The van der Waals surface area contributed by atoms with Crippen LogP contribution in [0.3, 0.4) is 0 Å². The van der Waals surface area contributed by atoms with Crippen LogP contribution in [0.1, 0.15) is 0 Å². The molecular weight excluding hydrogens is 241 g/mol. The number of benzene rings is 1. The Balaban J connectivity index is 0.000000437. The van der Waals surface area contributed by atoms with Crippen molar-refractivity contribution in [3.8, 4) is 6.19 Å². The van der Waals surface area contributed by atoms with Crippen molar-refractivity contribution in [3.05, 3.63) is 30.1 Å². The molecule has 92 valence electrons. The van der Waals surface area contributed by atoms with Crippen molar-refractivity contribution >= 4 is 11.9 Å². The Bertz CT molecular complexity index is 360. The second kappa shape index (κ2) is 7.90. The maximum atomic E-state index is 12.6. The first-order valence-corrected chi connectivity index (χ1v) is 5.89. The molecule has 0 unspecified atom stereocenters. The van der Waals surface area contributed by atoms with E-state index in [0.29, 0.717) is 0 Å². The molecule has 1 aromatic rings. The normalized spacial score (nSPS) is 15.5. The molecule has 6 heteroatoms. The van der Waals surface area contributed by atoms with Crippen molar-refractivity contribution in [2.75, 3.05) is 26.3 Å². The first-order chi connectivity index (χ1) is 8.26. The quantitative estimate of drug-likeness (QED) is 0.494. The molecule has 1 aliphatic rings. The molecule has 17 heavy (non-hydrogen) atoms. The Hall–Kier alpha value is -1.29. The summed E-state index contributed by atoms with van der Waals surface area (Å²) in [6.45, 7) is 3.44. The van der Waals surface area contributed by atoms with Crippen LogP contribution in [0, 0.1) is 17.3 Å². The van der Waals surface area contributed by atoms with Crippen LogP contribution in [0.15, 0.2) is 29.2 Å². The second-order valence-electron chi connectivity index (χ2n) is 3.22. The molecule has 0 amide bonds. The fraction of sp³-hybridized carbons (Fsp3) is 0.364. The summed E-state index contributed by atoms with van der Waals surface area (Å²) in [4.78, 5) is 1.08. The van der Waals surface area contributed by atoms with Crippen molar-refractivity contribution in [3.63, 3.8) is 0 Å². The summed E-state index contributed by atoms with van der Waals surface area (Å²) in [6.07, 6.45) is 1.25. The summed E-state index contributed by atoms with van der Waals surface area (Å²) < 4.78 is 20.1. The summed E-state index contributed by atoms with van der Waals surface area (Å²) in [6, 6.07) is 6.58. The van der Waals surface area contributed by atoms with Crippen molar-refractivity contribution in [2.45, 2.75) is 4.90 Å². The van der Waals surface area contributed by atoms with E-state index in [1.807, 2.05) is 0 Å². The SMILES string of the molecule is Fc1ccc(SN2CCOCC2)cc1.N#CN. The van der Waals surface area contributed by atoms with Crippen LogP contribution in [-0.4, -0.2) is 30.6 Å². The molecule has 4 nitrogen and oxygen atoms in total. The van der Waals surface area contributed by atoms with E-state index in [9.17, 15) is 4.39 Å². The van der Waals surface area contributed by atoms with Crippen molar-refractivity contribution in [2.24, 2.45) is 5.73 Å². The summed E-state index contributed by atoms with van der Waals surface area (Å²) in [5.74, 6) is -0.184. The maximum Gasteiger partial charge on any atom is 0.173 e. The number of halogens is 1. The van der Waals surface area contributed by atoms with Crippen molar-refractivity contribution in [1.29, 1.82) is 5.26 Å². The molecule has 0 bridgehead atoms. The number of hydrogen-bond donors (Lipinski definition) is 1. The number of rotatable bonds is 2. The van der Waals surface area contributed by atoms with E-state index in [4.69, 9.17) is 10.00 Å². The van der Waals surface area contributed by atoms with Gasteiger partial charge in [0, 0.05) is 18.0 Å². The zero-order valence-electron chi connectivity index (χ0n) is 9.30. The monoisotopic (exact) mass is 255 g/mol. The molecule has 0 atom stereocenters. The van der Waals surface area contributed by atoms with Gasteiger partial charge in [0.15, 0.2) is 6.19 Å². The summed E-state index contributed by atoms with van der Waals surface area (Å²) >= 11 is 1.66. The molecule has 0 aliphatic carbocycles. The largest absolute Gasteiger partial charge is 0.379 e. The lowest BCUT2D eigenvalue weighted by Crippen LogP contribution is -2.30. The second-order valence-corrected chi connectivity index (χ2v) is 4.39. The van der Waals surface area contributed by atoms with Gasteiger partial charge in [-0.3, -0.25) is 0 Å². The van der Waals surface area contributed by atoms with Crippen LogP contribution in [0.25, 0.3) is 0 Å². The Morgan fingerprint density at radius 1 is 1.29 bits per heavy atom. The molecule has 1 aromatic carbocycles. The fourth-order valence-corrected chi connectivity index (χ4v) is 2.17. The molecule has 0 saturated carbocycles. The van der Waals surface area contributed by atoms with Gasteiger partial charge in [0.25, 0.3) is 0 Å². The van der Waals surface area contributed by atoms with Crippen LogP contribution in [0.5, 0.6) is 0 Å². The molecule has 0 radical (unpaired) electrons. The van der Waals surface area contributed by atoms with Gasteiger partial charge < -0.3 is 10.5 Å². The average molecular weight is 255 g/mol. The van der Waals surface area contributed by atoms with E-state index < -0.39 is 0 Å². The third-order valence-electron chi connectivity index (χ3n) is 2.02. The topological polar surface area (TPSA) is 62.3 Å². The van der Waals surface area contributed by atoms with Gasteiger partial charge >= 0.3 is 0 Å². The van der Waals surface area contributed by atoms with Gasteiger partial charge in [0.2, 0.25) is 0 Å². The zero-order valence-corrected chi connectivity index (χ0v) is 10.1. The average Bonchev–Trinajstić information content (AvgIpc) is 2.35. The molecular formula is C11H14FN3OS. The van der Waals surface area contributed by atoms with E-state index >= 15 is 0 Å². The minimum absolute atomic E-state index is 0.184. The predicted molar refractivity (Wildman–Crippen MR) is 64.4 cm³/mol. The molecule has 1 fully saturated rings. The Morgan fingerprint density at radius 2 is 1.82 bits per heavy atom. The summed E-state index contributed by atoms with van der Waals surface area (Å²) in [5, 5.41) is 7.10. The maximum absolute atomic E-state index is 12.6. The molecule has 1 saturated heterocycles. The molecule has 2 rings (SSSR count). The molecule has 1 aliphatic heterocycles.